The number of nitrogens with zero attached hydrogens (tertiary/aromatic N) is 1. The Balaban J connectivity index is 2.38. The van der Waals surface area contributed by atoms with Crippen LogP contribution in [0.1, 0.15) is 0 Å². The summed E-state index contributed by atoms with van der Waals surface area (Å²) in [7, 11) is -2.36. The number of benzene rings is 2. The zero-order valence-electron chi connectivity index (χ0n) is 10.7. The molecule has 5 nitrogen and oxygen atoms in total. The molecule has 0 bridgehead atoms. The van der Waals surface area contributed by atoms with Crippen molar-refractivity contribution in [1.29, 1.82) is 0 Å². The number of nitrogens with two attached hydrogens (primary N) is 1. The quantitative estimate of drug-likeness (QED) is 0.667. The molecule has 0 aliphatic heterocycles. The van der Waals surface area contributed by atoms with Crippen molar-refractivity contribution in [3.8, 4) is 0 Å². The van der Waals surface area contributed by atoms with Crippen molar-refractivity contribution in [2.45, 2.75) is 4.90 Å². The van der Waals surface area contributed by atoms with E-state index in [2.05, 4.69) is 5.43 Å². The van der Waals surface area contributed by atoms with E-state index in [1.54, 1.807) is 12.1 Å². The first-order valence-corrected chi connectivity index (χ1v) is 7.20. The van der Waals surface area contributed by atoms with Crippen LogP contribution >= 0.6 is 0 Å². The smallest absolute Gasteiger partial charge is 0.264 e. The minimum Gasteiger partial charge on any atom is -0.324 e. The highest BCUT2D eigenvalue weighted by atomic mass is 32.2. The van der Waals surface area contributed by atoms with Crippen LogP contribution in [0.4, 0.5) is 15.8 Å². The molecule has 0 aromatic heterocycles. The van der Waals surface area contributed by atoms with Gasteiger partial charge in [0.05, 0.1) is 10.6 Å². The van der Waals surface area contributed by atoms with E-state index < -0.39 is 15.8 Å². The Labute approximate surface area is 116 Å². The molecular formula is C13H14FN3O2S. The van der Waals surface area contributed by atoms with Gasteiger partial charge < -0.3 is 5.43 Å². The van der Waals surface area contributed by atoms with Gasteiger partial charge in [0.2, 0.25) is 0 Å². The minimum absolute atomic E-state index is 0.100. The van der Waals surface area contributed by atoms with Crippen LogP contribution in [0.25, 0.3) is 0 Å². The second-order valence-electron chi connectivity index (χ2n) is 4.12. The maximum Gasteiger partial charge on any atom is 0.264 e. The van der Waals surface area contributed by atoms with Crippen molar-refractivity contribution < 1.29 is 12.8 Å². The average Bonchev–Trinajstić information content (AvgIpc) is 2.46. The average molecular weight is 295 g/mol. The van der Waals surface area contributed by atoms with Crippen molar-refractivity contribution in [2.24, 2.45) is 5.84 Å². The van der Waals surface area contributed by atoms with E-state index in [4.69, 9.17) is 5.84 Å². The maximum atomic E-state index is 13.2. The van der Waals surface area contributed by atoms with Crippen LogP contribution in [0.5, 0.6) is 0 Å². The highest BCUT2D eigenvalue weighted by Crippen LogP contribution is 2.23. The van der Waals surface area contributed by atoms with E-state index in [-0.39, 0.29) is 10.6 Å². The van der Waals surface area contributed by atoms with Gasteiger partial charge in [0.25, 0.3) is 10.0 Å². The van der Waals surface area contributed by atoms with Crippen LogP contribution in [-0.2, 0) is 10.0 Å². The summed E-state index contributed by atoms with van der Waals surface area (Å²) in [6.45, 7) is 0. The van der Waals surface area contributed by atoms with E-state index >= 15 is 0 Å². The minimum atomic E-state index is -3.74. The van der Waals surface area contributed by atoms with Crippen LogP contribution in [0.3, 0.4) is 0 Å². The molecule has 0 saturated carbocycles. The van der Waals surface area contributed by atoms with Gasteiger partial charge in [-0.05, 0) is 42.5 Å². The molecule has 0 amide bonds. The summed E-state index contributed by atoms with van der Waals surface area (Å²) in [5, 5.41) is 0. The fourth-order valence-corrected chi connectivity index (χ4v) is 2.88. The summed E-state index contributed by atoms with van der Waals surface area (Å²) in [6, 6.07) is 11.4. The Morgan fingerprint density at radius 2 is 1.80 bits per heavy atom. The lowest BCUT2D eigenvalue weighted by molar-refractivity contribution is 0.594. The number of hydrogen-bond acceptors (Lipinski definition) is 4. The summed E-state index contributed by atoms with van der Waals surface area (Å²) in [4.78, 5) is 0.100. The molecule has 7 heteroatoms. The molecule has 0 radical (unpaired) electrons. The van der Waals surface area contributed by atoms with E-state index in [0.29, 0.717) is 5.69 Å². The molecule has 20 heavy (non-hydrogen) atoms. The summed E-state index contributed by atoms with van der Waals surface area (Å²) >= 11 is 0. The summed E-state index contributed by atoms with van der Waals surface area (Å²) in [5.74, 6) is 4.73. The van der Waals surface area contributed by atoms with Crippen molar-refractivity contribution in [3.63, 3.8) is 0 Å². The lowest BCUT2D eigenvalue weighted by Crippen LogP contribution is -2.26. The highest BCUT2D eigenvalue weighted by molar-refractivity contribution is 7.92. The van der Waals surface area contributed by atoms with Crippen molar-refractivity contribution >= 4 is 21.4 Å². The van der Waals surface area contributed by atoms with Crippen molar-refractivity contribution in [2.75, 3.05) is 16.8 Å². The van der Waals surface area contributed by atoms with Crippen LogP contribution in [-0.4, -0.2) is 15.5 Å². The Morgan fingerprint density at radius 1 is 1.15 bits per heavy atom. The second kappa shape index (κ2) is 5.48. The third kappa shape index (κ3) is 2.73. The molecule has 0 unspecified atom stereocenters. The summed E-state index contributed by atoms with van der Waals surface area (Å²) in [6.07, 6.45) is 0. The third-order valence-corrected chi connectivity index (χ3v) is 4.65. The summed E-state index contributed by atoms with van der Waals surface area (Å²) in [5.41, 5.74) is 3.27. The van der Waals surface area contributed by atoms with Gasteiger partial charge in [0, 0.05) is 12.7 Å². The lowest BCUT2D eigenvalue weighted by atomic mass is 10.3. The SMILES string of the molecule is CN(c1cccc(F)c1)S(=O)(=O)c1ccc(NN)cc1. The first-order chi connectivity index (χ1) is 9.45. The predicted octanol–water partition coefficient (Wildman–Crippen LogP) is 1.94. The zero-order chi connectivity index (χ0) is 14.8. The standard InChI is InChI=1S/C13H14FN3O2S/c1-17(12-4-2-3-10(14)9-12)20(18,19)13-7-5-11(16-15)6-8-13/h2-9,16H,15H2,1H3. The Hall–Kier alpha value is -2.12. The van der Waals surface area contributed by atoms with Crippen molar-refractivity contribution in [3.05, 3.63) is 54.3 Å². The van der Waals surface area contributed by atoms with Crippen LogP contribution < -0.4 is 15.6 Å². The predicted molar refractivity (Wildman–Crippen MR) is 76.2 cm³/mol. The topological polar surface area (TPSA) is 75.4 Å². The molecule has 0 saturated heterocycles. The van der Waals surface area contributed by atoms with Gasteiger partial charge in [-0.15, -0.1) is 0 Å². The number of hydrogen-bond donors (Lipinski definition) is 2. The number of rotatable bonds is 4. The van der Waals surface area contributed by atoms with Crippen LogP contribution in [0.15, 0.2) is 53.4 Å². The molecule has 3 N–H and O–H groups in total. The molecule has 0 spiro atoms. The number of nitrogen functional groups attached to an aromatic ring is 1. The first kappa shape index (κ1) is 14.3. The number of halogens is 1. The maximum absolute atomic E-state index is 13.2. The van der Waals surface area contributed by atoms with Gasteiger partial charge in [-0.2, -0.15) is 0 Å². The number of hydrazine groups is 1. The third-order valence-electron chi connectivity index (χ3n) is 2.85. The van der Waals surface area contributed by atoms with Gasteiger partial charge in [-0.25, -0.2) is 12.8 Å². The zero-order valence-corrected chi connectivity index (χ0v) is 11.6. The van der Waals surface area contributed by atoms with E-state index in [1.165, 1.54) is 37.4 Å². The second-order valence-corrected chi connectivity index (χ2v) is 6.09. The largest absolute Gasteiger partial charge is 0.324 e. The molecule has 0 fully saturated rings. The molecule has 0 heterocycles. The van der Waals surface area contributed by atoms with Crippen LogP contribution in [0.2, 0.25) is 0 Å². The highest BCUT2D eigenvalue weighted by Gasteiger charge is 2.21. The molecule has 2 aromatic carbocycles. The molecule has 2 aromatic rings. The first-order valence-electron chi connectivity index (χ1n) is 5.76. The fraction of sp³-hybridized carbons (Fsp3) is 0.0769. The van der Waals surface area contributed by atoms with Gasteiger partial charge in [0.15, 0.2) is 0 Å². The normalized spacial score (nSPS) is 11.2. The fourth-order valence-electron chi connectivity index (χ4n) is 1.69. The molecule has 0 aliphatic rings. The van der Waals surface area contributed by atoms with Gasteiger partial charge in [0.1, 0.15) is 5.82 Å². The Kier molecular flexibility index (Phi) is 3.91. The monoisotopic (exact) mass is 295 g/mol. The van der Waals surface area contributed by atoms with Gasteiger partial charge in [-0.1, -0.05) is 6.07 Å². The van der Waals surface area contributed by atoms with Crippen molar-refractivity contribution in [1.82, 2.24) is 0 Å². The van der Waals surface area contributed by atoms with E-state index in [0.717, 1.165) is 10.4 Å². The lowest BCUT2D eigenvalue weighted by Gasteiger charge is -2.19. The molecule has 0 aliphatic carbocycles. The molecule has 2 rings (SSSR count). The van der Waals surface area contributed by atoms with Crippen LogP contribution in [0, 0.1) is 5.82 Å². The summed E-state index contributed by atoms with van der Waals surface area (Å²) < 4.78 is 39.0. The van der Waals surface area contributed by atoms with E-state index in [1.807, 2.05) is 0 Å². The Morgan fingerprint density at radius 3 is 2.35 bits per heavy atom. The molecule has 106 valence electrons. The van der Waals surface area contributed by atoms with Gasteiger partial charge in [-0.3, -0.25) is 10.1 Å². The van der Waals surface area contributed by atoms with Gasteiger partial charge >= 0.3 is 0 Å². The number of nitrogens with one attached hydrogen (secondary N) is 1. The van der Waals surface area contributed by atoms with E-state index in [9.17, 15) is 12.8 Å². The molecular weight excluding hydrogens is 281 g/mol. The number of sulfonamides is 1. The molecule has 0 atom stereocenters. The Bertz CT molecular complexity index is 702. The number of anilines is 2.